The number of hydrogen-bond donors (Lipinski definition) is 1. The van der Waals surface area contributed by atoms with Crippen LogP contribution in [0.1, 0.15) is 25.5 Å². The van der Waals surface area contributed by atoms with Gasteiger partial charge < -0.3 is 0 Å². The SMILES string of the molecule is Cc1ccc(F)cc1NS(=O)(=O)c1cnn(C(C)C)c1. The standard InChI is InChI=1S/C13H16FN3O2S/c1-9(2)17-8-12(7-15-17)20(18,19)16-13-6-11(14)5-4-10(13)3/h4-9,16H,1-3H3. The fourth-order valence-electron chi connectivity index (χ4n) is 1.65. The monoisotopic (exact) mass is 297 g/mol. The zero-order valence-corrected chi connectivity index (χ0v) is 12.3. The van der Waals surface area contributed by atoms with Crippen molar-refractivity contribution in [3.8, 4) is 0 Å². The van der Waals surface area contributed by atoms with Crippen molar-refractivity contribution in [2.24, 2.45) is 0 Å². The second-order valence-corrected chi connectivity index (χ2v) is 6.50. The van der Waals surface area contributed by atoms with E-state index in [1.165, 1.54) is 24.5 Å². The first-order valence-electron chi connectivity index (χ1n) is 6.13. The molecule has 5 nitrogen and oxygen atoms in total. The Bertz CT molecular complexity index is 723. The van der Waals surface area contributed by atoms with E-state index in [4.69, 9.17) is 0 Å². The maximum Gasteiger partial charge on any atom is 0.265 e. The molecule has 2 rings (SSSR count). The molecule has 0 atom stereocenters. The summed E-state index contributed by atoms with van der Waals surface area (Å²) in [6, 6.07) is 4.02. The van der Waals surface area contributed by atoms with Crippen molar-refractivity contribution in [2.75, 3.05) is 4.72 Å². The highest BCUT2D eigenvalue weighted by atomic mass is 32.2. The zero-order chi connectivity index (χ0) is 14.9. The molecule has 108 valence electrons. The van der Waals surface area contributed by atoms with E-state index in [1.807, 2.05) is 13.8 Å². The highest BCUT2D eigenvalue weighted by Gasteiger charge is 2.18. The number of nitrogens with zero attached hydrogens (tertiary/aromatic N) is 2. The zero-order valence-electron chi connectivity index (χ0n) is 11.5. The molecule has 1 aromatic carbocycles. The van der Waals surface area contributed by atoms with Crippen LogP contribution in [0.15, 0.2) is 35.5 Å². The maximum absolute atomic E-state index is 13.2. The van der Waals surface area contributed by atoms with Crippen LogP contribution in [0.25, 0.3) is 0 Å². The number of benzene rings is 1. The smallest absolute Gasteiger partial charge is 0.265 e. The molecular formula is C13H16FN3O2S. The minimum atomic E-state index is -3.77. The van der Waals surface area contributed by atoms with Crippen LogP contribution in [0.4, 0.5) is 10.1 Å². The van der Waals surface area contributed by atoms with Gasteiger partial charge >= 0.3 is 0 Å². The minimum absolute atomic E-state index is 0.0508. The summed E-state index contributed by atoms with van der Waals surface area (Å²) < 4.78 is 41.5. The number of aryl methyl sites for hydroxylation is 1. The Balaban J connectivity index is 2.33. The Hall–Kier alpha value is -1.89. The van der Waals surface area contributed by atoms with E-state index in [0.29, 0.717) is 5.56 Å². The van der Waals surface area contributed by atoms with Crippen molar-refractivity contribution >= 4 is 15.7 Å². The van der Waals surface area contributed by atoms with E-state index < -0.39 is 15.8 Å². The summed E-state index contributed by atoms with van der Waals surface area (Å²) in [7, 11) is -3.77. The molecule has 1 heterocycles. The average molecular weight is 297 g/mol. The molecule has 0 saturated heterocycles. The molecule has 0 bridgehead atoms. The highest BCUT2D eigenvalue weighted by Crippen LogP contribution is 2.21. The topological polar surface area (TPSA) is 64.0 Å². The van der Waals surface area contributed by atoms with Crippen molar-refractivity contribution in [3.05, 3.63) is 42.0 Å². The number of sulfonamides is 1. The predicted molar refractivity (Wildman–Crippen MR) is 74.6 cm³/mol. The van der Waals surface area contributed by atoms with Gasteiger partial charge in [-0.3, -0.25) is 9.40 Å². The van der Waals surface area contributed by atoms with E-state index in [1.54, 1.807) is 11.6 Å². The number of hydrogen-bond acceptors (Lipinski definition) is 3. The van der Waals surface area contributed by atoms with Crippen molar-refractivity contribution < 1.29 is 12.8 Å². The van der Waals surface area contributed by atoms with Gasteiger partial charge in [0, 0.05) is 12.2 Å². The number of anilines is 1. The summed E-state index contributed by atoms with van der Waals surface area (Å²) >= 11 is 0. The van der Waals surface area contributed by atoms with Crippen molar-refractivity contribution in [1.82, 2.24) is 9.78 Å². The molecule has 2 aromatic rings. The van der Waals surface area contributed by atoms with Gasteiger partial charge in [-0.2, -0.15) is 5.10 Å². The number of halogens is 1. The predicted octanol–water partition coefficient (Wildman–Crippen LogP) is 2.71. The van der Waals surface area contributed by atoms with Gasteiger partial charge in [0.15, 0.2) is 0 Å². The Morgan fingerprint density at radius 1 is 1.35 bits per heavy atom. The lowest BCUT2D eigenvalue weighted by Gasteiger charge is -2.09. The average Bonchev–Trinajstić information content (AvgIpc) is 2.84. The largest absolute Gasteiger partial charge is 0.279 e. The van der Waals surface area contributed by atoms with Gasteiger partial charge in [0.25, 0.3) is 10.0 Å². The number of nitrogens with one attached hydrogen (secondary N) is 1. The van der Waals surface area contributed by atoms with E-state index >= 15 is 0 Å². The molecule has 7 heteroatoms. The molecular weight excluding hydrogens is 281 g/mol. The van der Waals surface area contributed by atoms with Gasteiger partial charge in [-0.05, 0) is 38.5 Å². The Morgan fingerprint density at radius 3 is 2.65 bits per heavy atom. The molecule has 1 N–H and O–H groups in total. The first-order valence-corrected chi connectivity index (χ1v) is 7.61. The Morgan fingerprint density at radius 2 is 2.05 bits per heavy atom. The van der Waals surface area contributed by atoms with Crippen LogP contribution in [-0.2, 0) is 10.0 Å². The van der Waals surface area contributed by atoms with Crippen LogP contribution < -0.4 is 4.72 Å². The second kappa shape index (κ2) is 5.24. The lowest BCUT2D eigenvalue weighted by atomic mass is 10.2. The minimum Gasteiger partial charge on any atom is -0.279 e. The van der Waals surface area contributed by atoms with E-state index in [0.717, 1.165) is 6.07 Å². The molecule has 0 aliphatic heterocycles. The third-order valence-electron chi connectivity index (χ3n) is 2.86. The van der Waals surface area contributed by atoms with Crippen LogP contribution in [-0.4, -0.2) is 18.2 Å². The molecule has 0 fully saturated rings. The first kappa shape index (κ1) is 14.5. The molecule has 0 unspecified atom stereocenters. The summed E-state index contributed by atoms with van der Waals surface area (Å²) in [4.78, 5) is 0.0508. The third-order valence-corrected chi connectivity index (χ3v) is 4.18. The van der Waals surface area contributed by atoms with Gasteiger partial charge in [0.1, 0.15) is 10.7 Å². The third kappa shape index (κ3) is 2.98. The van der Waals surface area contributed by atoms with Crippen LogP contribution in [0, 0.1) is 12.7 Å². The Labute approximate surface area is 117 Å². The fraction of sp³-hybridized carbons (Fsp3) is 0.308. The molecule has 0 radical (unpaired) electrons. The molecule has 0 saturated carbocycles. The lowest BCUT2D eigenvalue weighted by Crippen LogP contribution is -2.13. The molecule has 1 aromatic heterocycles. The quantitative estimate of drug-likeness (QED) is 0.943. The summed E-state index contributed by atoms with van der Waals surface area (Å²) in [6.07, 6.45) is 2.72. The molecule has 0 amide bonds. The Kier molecular flexibility index (Phi) is 3.80. The molecule has 20 heavy (non-hydrogen) atoms. The van der Waals surface area contributed by atoms with Crippen molar-refractivity contribution in [2.45, 2.75) is 31.7 Å². The van der Waals surface area contributed by atoms with Gasteiger partial charge in [-0.25, -0.2) is 12.8 Å². The highest BCUT2D eigenvalue weighted by molar-refractivity contribution is 7.92. The van der Waals surface area contributed by atoms with Crippen LogP contribution in [0.3, 0.4) is 0 Å². The summed E-state index contributed by atoms with van der Waals surface area (Å²) in [6.45, 7) is 5.50. The fourth-order valence-corrected chi connectivity index (χ4v) is 2.71. The van der Waals surface area contributed by atoms with Gasteiger partial charge in [-0.1, -0.05) is 6.07 Å². The van der Waals surface area contributed by atoms with Crippen molar-refractivity contribution in [3.63, 3.8) is 0 Å². The molecule has 0 aliphatic rings. The lowest BCUT2D eigenvalue weighted by molar-refractivity contribution is 0.531. The van der Waals surface area contributed by atoms with Crippen LogP contribution >= 0.6 is 0 Å². The van der Waals surface area contributed by atoms with E-state index in [-0.39, 0.29) is 16.6 Å². The van der Waals surface area contributed by atoms with E-state index in [9.17, 15) is 12.8 Å². The molecule has 0 spiro atoms. The van der Waals surface area contributed by atoms with Crippen LogP contribution in [0.5, 0.6) is 0 Å². The maximum atomic E-state index is 13.2. The van der Waals surface area contributed by atoms with Gasteiger partial charge in [-0.15, -0.1) is 0 Å². The van der Waals surface area contributed by atoms with Crippen molar-refractivity contribution in [1.29, 1.82) is 0 Å². The first-order chi connectivity index (χ1) is 9.29. The summed E-state index contributed by atoms with van der Waals surface area (Å²) in [5.41, 5.74) is 0.869. The van der Waals surface area contributed by atoms with Crippen LogP contribution in [0.2, 0.25) is 0 Å². The second-order valence-electron chi connectivity index (χ2n) is 4.81. The summed E-state index contributed by atoms with van der Waals surface area (Å²) in [5.74, 6) is -0.494. The summed E-state index contributed by atoms with van der Waals surface area (Å²) in [5, 5.41) is 3.99. The van der Waals surface area contributed by atoms with E-state index in [2.05, 4.69) is 9.82 Å². The number of aromatic nitrogens is 2. The number of rotatable bonds is 4. The normalized spacial score (nSPS) is 11.8. The van der Waals surface area contributed by atoms with Gasteiger partial charge in [0.05, 0.1) is 11.9 Å². The van der Waals surface area contributed by atoms with Gasteiger partial charge in [0.2, 0.25) is 0 Å². The molecule has 0 aliphatic carbocycles.